The summed E-state index contributed by atoms with van der Waals surface area (Å²) in [4.78, 5) is 14.5. The van der Waals surface area contributed by atoms with Gasteiger partial charge in [-0.3, -0.25) is 9.48 Å². The van der Waals surface area contributed by atoms with Crippen molar-refractivity contribution < 1.29 is 19.0 Å². The summed E-state index contributed by atoms with van der Waals surface area (Å²) in [7, 11) is 6.29. The summed E-state index contributed by atoms with van der Waals surface area (Å²) in [5.74, 6) is 1.10. The highest BCUT2D eigenvalue weighted by Gasteiger charge is 2.23. The Hall–Kier alpha value is -2.70. The monoisotopic (exact) mass is 333 g/mol. The summed E-state index contributed by atoms with van der Waals surface area (Å²) in [6.07, 6.45) is 1.73. The zero-order valence-electron chi connectivity index (χ0n) is 14.7. The fourth-order valence-corrected chi connectivity index (χ4v) is 2.57. The van der Waals surface area contributed by atoms with E-state index in [4.69, 9.17) is 14.2 Å². The van der Waals surface area contributed by atoms with Crippen LogP contribution in [0.5, 0.6) is 17.2 Å². The van der Waals surface area contributed by atoms with Gasteiger partial charge in [-0.25, -0.2) is 0 Å². The van der Waals surface area contributed by atoms with Crippen LogP contribution < -0.4 is 14.2 Å². The van der Waals surface area contributed by atoms with E-state index in [0.717, 1.165) is 12.2 Å². The maximum Gasteiger partial charge on any atom is 0.257 e. The first kappa shape index (κ1) is 17.7. The molecule has 0 bridgehead atoms. The van der Waals surface area contributed by atoms with E-state index >= 15 is 0 Å². The fraction of sp³-hybridized carbons (Fsp3) is 0.412. The van der Waals surface area contributed by atoms with Gasteiger partial charge in [-0.1, -0.05) is 0 Å². The second-order valence-electron chi connectivity index (χ2n) is 5.18. The molecule has 0 radical (unpaired) electrons. The zero-order valence-corrected chi connectivity index (χ0v) is 14.7. The van der Waals surface area contributed by atoms with Crippen LogP contribution in [0.25, 0.3) is 0 Å². The molecule has 1 heterocycles. The lowest BCUT2D eigenvalue weighted by atomic mass is 10.1. The predicted octanol–water partition coefficient (Wildman–Crippen LogP) is 2.20. The largest absolute Gasteiger partial charge is 0.493 e. The highest BCUT2D eigenvalue weighted by atomic mass is 16.5. The van der Waals surface area contributed by atoms with Crippen molar-refractivity contribution in [3.63, 3.8) is 0 Å². The smallest absolute Gasteiger partial charge is 0.257 e. The van der Waals surface area contributed by atoms with Crippen molar-refractivity contribution in [2.45, 2.75) is 20.0 Å². The maximum atomic E-state index is 12.8. The first-order valence-electron chi connectivity index (χ1n) is 7.62. The van der Waals surface area contributed by atoms with Crippen LogP contribution in [0, 0.1) is 0 Å². The molecule has 2 rings (SSSR count). The van der Waals surface area contributed by atoms with Crippen LogP contribution in [-0.2, 0) is 13.1 Å². The number of aromatic nitrogens is 2. The molecule has 1 aromatic heterocycles. The number of aryl methyl sites for hydroxylation is 1. The molecule has 0 aliphatic rings. The highest BCUT2D eigenvalue weighted by Crippen LogP contribution is 2.40. The van der Waals surface area contributed by atoms with Gasteiger partial charge in [0.15, 0.2) is 11.5 Å². The van der Waals surface area contributed by atoms with Gasteiger partial charge >= 0.3 is 0 Å². The summed E-state index contributed by atoms with van der Waals surface area (Å²) >= 11 is 0. The maximum absolute atomic E-state index is 12.8. The first-order valence-corrected chi connectivity index (χ1v) is 7.62. The Balaban J connectivity index is 2.31. The molecular formula is C17H23N3O4. The van der Waals surface area contributed by atoms with Crippen molar-refractivity contribution in [1.29, 1.82) is 0 Å². The van der Waals surface area contributed by atoms with E-state index in [2.05, 4.69) is 5.10 Å². The topological polar surface area (TPSA) is 65.8 Å². The first-order chi connectivity index (χ1) is 11.6. The quantitative estimate of drug-likeness (QED) is 0.777. The number of ether oxygens (including phenoxy) is 3. The average molecular weight is 333 g/mol. The molecule has 7 heteroatoms. The molecule has 1 amide bonds. The Morgan fingerprint density at radius 3 is 2.42 bits per heavy atom. The van der Waals surface area contributed by atoms with Crippen LogP contribution >= 0.6 is 0 Å². The van der Waals surface area contributed by atoms with E-state index in [1.807, 2.05) is 17.7 Å². The number of hydrogen-bond acceptors (Lipinski definition) is 5. The fourth-order valence-electron chi connectivity index (χ4n) is 2.57. The van der Waals surface area contributed by atoms with E-state index in [1.54, 1.807) is 30.3 Å². The Bertz CT molecular complexity index is 712. The molecule has 0 aliphatic carbocycles. The predicted molar refractivity (Wildman–Crippen MR) is 89.8 cm³/mol. The third-order valence-electron chi connectivity index (χ3n) is 3.78. The van der Waals surface area contributed by atoms with E-state index in [0.29, 0.717) is 29.4 Å². The molecule has 24 heavy (non-hydrogen) atoms. The van der Waals surface area contributed by atoms with Crippen LogP contribution in [0.3, 0.4) is 0 Å². The van der Waals surface area contributed by atoms with E-state index < -0.39 is 0 Å². The molecule has 7 nitrogen and oxygen atoms in total. The van der Waals surface area contributed by atoms with Gasteiger partial charge in [0.05, 0.1) is 39.1 Å². The number of carbonyl (C=O) groups excluding carboxylic acids is 1. The van der Waals surface area contributed by atoms with Gasteiger partial charge in [0.1, 0.15) is 0 Å². The molecule has 0 atom stereocenters. The molecule has 1 aromatic carbocycles. The molecule has 0 fully saturated rings. The Morgan fingerprint density at radius 2 is 1.83 bits per heavy atom. The number of benzene rings is 1. The summed E-state index contributed by atoms with van der Waals surface area (Å²) in [5.41, 5.74) is 1.38. The minimum Gasteiger partial charge on any atom is -0.493 e. The van der Waals surface area contributed by atoms with Crippen LogP contribution in [0.15, 0.2) is 24.4 Å². The number of carbonyl (C=O) groups is 1. The molecule has 2 aromatic rings. The SMILES string of the molecule is CCn1nccc1CN(C)C(=O)c1ccc(OC)c(OC)c1OC. The number of amides is 1. The van der Waals surface area contributed by atoms with Crippen molar-refractivity contribution >= 4 is 5.91 Å². The van der Waals surface area contributed by atoms with Crippen molar-refractivity contribution in [2.24, 2.45) is 0 Å². The van der Waals surface area contributed by atoms with Gasteiger partial charge < -0.3 is 19.1 Å². The summed E-state index contributed by atoms with van der Waals surface area (Å²) < 4.78 is 17.8. The second kappa shape index (κ2) is 7.72. The molecule has 0 saturated carbocycles. The van der Waals surface area contributed by atoms with Crippen LogP contribution in [0.1, 0.15) is 23.0 Å². The van der Waals surface area contributed by atoms with Gasteiger partial charge in [-0.2, -0.15) is 5.10 Å². The van der Waals surface area contributed by atoms with E-state index in [9.17, 15) is 4.79 Å². The molecule has 0 unspecified atom stereocenters. The Morgan fingerprint density at radius 1 is 1.12 bits per heavy atom. The number of methoxy groups -OCH3 is 3. The number of rotatable bonds is 7. The summed E-state index contributed by atoms with van der Waals surface area (Å²) in [6, 6.07) is 5.27. The van der Waals surface area contributed by atoms with Crippen LogP contribution in [0.4, 0.5) is 0 Å². The normalized spacial score (nSPS) is 10.4. The summed E-state index contributed by atoms with van der Waals surface area (Å²) in [6.45, 7) is 3.21. The van der Waals surface area contributed by atoms with Crippen molar-refractivity contribution in [3.05, 3.63) is 35.7 Å². The molecule has 0 saturated heterocycles. The molecule has 130 valence electrons. The molecule has 0 aliphatic heterocycles. The third-order valence-corrected chi connectivity index (χ3v) is 3.78. The Kier molecular flexibility index (Phi) is 5.68. The van der Waals surface area contributed by atoms with Gasteiger partial charge in [0.25, 0.3) is 5.91 Å². The number of hydrogen-bond donors (Lipinski definition) is 0. The average Bonchev–Trinajstić information content (AvgIpc) is 3.06. The lowest BCUT2D eigenvalue weighted by Gasteiger charge is -2.21. The minimum absolute atomic E-state index is 0.170. The molecule has 0 spiro atoms. The molecular weight excluding hydrogens is 310 g/mol. The zero-order chi connectivity index (χ0) is 17.7. The number of nitrogens with zero attached hydrogens (tertiary/aromatic N) is 3. The van der Waals surface area contributed by atoms with Gasteiger partial charge in [0, 0.05) is 19.8 Å². The van der Waals surface area contributed by atoms with E-state index in [-0.39, 0.29) is 5.91 Å². The standard InChI is InChI=1S/C17H23N3O4/c1-6-20-12(9-10-18-20)11-19(2)17(21)13-7-8-14(22-3)16(24-5)15(13)23-4/h7-10H,6,11H2,1-5H3. The molecule has 0 N–H and O–H groups in total. The second-order valence-corrected chi connectivity index (χ2v) is 5.18. The highest BCUT2D eigenvalue weighted by molar-refractivity contribution is 5.98. The lowest BCUT2D eigenvalue weighted by Crippen LogP contribution is -2.28. The van der Waals surface area contributed by atoms with Crippen molar-refractivity contribution in [2.75, 3.05) is 28.4 Å². The van der Waals surface area contributed by atoms with Gasteiger partial charge in [-0.05, 0) is 25.1 Å². The summed E-state index contributed by atoms with van der Waals surface area (Å²) in [5, 5.41) is 4.22. The minimum atomic E-state index is -0.170. The van der Waals surface area contributed by atoms with Crippen LogP contribution in [0.2, 0.25) is 0 Å². The lowest BCUT2D eigenvalue weighted by molar-refractivity contribution is 0.0777. The van der Waals surface area contributed by atoms with Crippen LogP contribution in [-0.4, -0.2) is 49.0 Å². The van der Waals surface area contributed by atoms with E-state index in [1.165, 1.54) is 21.3 Å². The Labute approximate surface area is 141 Å². The van der Waals surface area contributed by atoms with Gasteiger partial charge in [-0.15, -0.1) is 0 Å². The van der Waals surface area contributed by atoms with Crippen molar-refractivity contribution in [3.8, 4) is 17.2 Å². The van der Waals surface area contributed by atoms with Crippen molar-refractivity contribution in [1.82, 2.24) is 14.7 Å². The third kappa shape index (κ3) is 3.29. The van der Waals surface area contributed by atoms with Gasteiger partial charge in [0.2, 0.25) is 5.75 Å².